The molecule has 0 amide bonds. The minimum Gasteiger partial charge on any atom is -0.506 e. The highest BCUT2D eigenvalue weighted by molar-refractivity contribution is 6.17. The molecule has 20 heavy (non-hydrogen) atoms. The second kappa shape index (κ2) is 6.65. The summed E-state index contributed by atoms with van der Waals surface area (Å²) in [5.74, 6) is -2.43. The summed E-state index contributed by atoms with van der Waals surface area (Å²) in [5, 5.41) is 9.78. The highest BCUT2D eigenvalue weighted by atomic mass is 35.5. The van der Waals surface area contributed by atoms with E-state index in [-0.39, 0.29) is 24.3 Å². The molecule has 112 valence electrons. The van der Waals surface area contributed by atoms with Crippen LogP contribution < -0.4 is 4.74 Å². The Morgan fingerprint density at radius 3 is 2.65 bits per heavy atom. The van der Waals surface area contributed by atoms with Gasteiger partial charge in [-0.3, -0.25) is 9.78 Å². The summed E-state index contributed by atoms with van der Waals surface area (Å²) in [4.78, 5) is 14.8. The number of rotatable bonds is 5. The molecule has 5 nitrogen and oxygen atoms in total. The Hall–Kier alpha value is -1.70. The molecule has 1 aromatic rings. The highest BCUT2D eigenvalue weighted by Gasteiger charge is 2.33. The SMILES string of the molecule is CCOC(=O)Cc1ncc(OC(F)(F)F)c(CCl)c1O. The lowest BCUT2D eigenvalue weighted by atomic mass is 10.1. The van der Waals surface area contributed by atoms with Gasteiger partial charge < -0.3 is 14.6 Å². The summed E-state index contributed by atoms with van der Waals surface area (Å²) < 4.78 is 44.8. The number of halogens is 4. The first-order chi connectivity index (χ1) is 9.28. The van der Waals surface area contributed by atoms with Crippen molar-refractivity contribution in [2.24, 2.45) is 0 Å². The van der Waals surface area contributed by atoms with Crippen LogP contribution in [-0.2, 0) is 21.8 Å². The topological polar surface area (TPSA) is 68.7 Å². The number of carbonyl (C=O) groups is 1. The van der Waals surface area contributed by atoms with Crippen LogP contribution in [0.4, 0.5) is 13.2 Å². The van der Waals surface area contributed by atoms with Crippen molar-refractivity contribution in [1.29, 1.82) is 0 Å². The van der Waals surface area contributed by atoms with Gasteiger partial charge in [-0.15, -0.1) is 24.8 Å². The second-order valence-electron chi connectivity index (χ2n) is 3.56. The zero-order valence-corrected chi connectivity index (χ0v) is 11.1. The summed E-state index contributed by atoms with van der Waals surface area (Å²) in [6.07, 6.45) is -4.56. The maximum Gasteiger partial charge on any atom is 0.573 e. The van der Waals surface area contributed by atoms with Gasteiger partial charge in [0.1, 0.15) is 5.75 Å². The molecule has 0 aliphatic rings. The monoisotopic (exact) mass is 313 g/mol. The molecule has 0 radical (unpaired) electrons. The third-order valence-corrected chi connectivity index (χ3v) is 2.44. The number of aromatic hydroxyl groups is 1. The summed E-state index contributed by atoms with van der Waals surface area (Å²) in [7, 11) is 0. The summed E-state index contributed by atoms with van der Waals surface area (Å²) >= 11 is 5.48. The molecule has 0 bridgehead atoms. The fraction of sp³-hybridized carbons (Fsp3) is 0.455. The van der Waals surface area contributed by atoms with Gasteiger partial charge in [-0.2, -0.15) is 0 Å². The minimum absolute atomic E-state index is 0.131. The zero-order valence-electron chi connectivity index (χ0n) is 10.3. The first kappa shape index (κ1) is 16.4. The van der Waals surface area contributed by atoms with E-state index >= 15 is 0 Å². The number of alkyl halides is 4. The third kappa shape index (κ3) is 4.44. The van der Waals surface area contributed by atoms with Crippen LogP contribution in [0, 0.1) is 0 Å². The van der Waals surface area contributed by atoms with Crippen molar-refractivity contribution in [1.82, 2.24) is 4.98 Å². The lowest BCUT2D eigenvalue weighted by Gasteiger charge is -2.14. The van der Waals surface area contributed by atoms with E-state index in [1.165, 1.54) is 0 Å². The molecule has 0 saturated carbocycles. The molecule has 0 saturated heterocycles. The van der Waals surface area contributed by atoms with Crippen molar-refractivity contribution in [3.05, 3.63) is 17.5 Å². The fourth-order valence-electron chi connectivity index (χ4n) is 1.39. The van der Waals surface area contributed by atoms with Gasteiger partial charge in [0.2, 0.25) is 0 Å². The summed E-state index contributed by atoms with van der Waals surface area (Å²) in [6.45, 7) is 1.73. The first-order valence-electron chi connectivity index (χ1n) is 5.45. The summed E-state index contributed by atoms with van der Waals surface area (Å²) in [6, 6.07) is 0. The molecular formula is C11H11ClF3NO4. The van der Waals surface area contributed by atoms with E-state index in [1.807, 2.05) is 0 Å². The number of nitrogens with zero attached hydrogens (tertiary/aromatic N) is 1. The van der Waals surface area contributed by atoms with Crippen LogP contribution in [0.5, 0.6) is 11.5 Å². The van der Waals surface area contributed by atoms with Gasteiger partial charge in [0.25, 0.3) is 0 Å². The number of hydrogen-bond donors (Lipinski definition) is 1. The number of aromatic nitrogens is 1. The Bertz CT molecular complexity index is 493. The van der Waals surface area contributed by atoms with Gasteiger partial charge >= 0.3 is 12.3 Å². The van der Waals surface area contributed by atoms with Crippen molar-refractivity contribution < 1.29 is 32.5 Å². The van der Waals surface area contributed by atoms with Crippen LogP contribution in [0.2, 0.25) is 0 Å². The van der Waals surface area contributed by atoms with Crippen molar-refractivity contribution in [2.45, 2.75) is 25.6 Å². The Kier molecular flexibility index (Phi) is 5.43. The molecule has 0 aromatic carbocycles. The van der Waals surface area contributed by atoms with Crippen molar-refractivity contribution in [3.8, 4) is 11.5 Å². The maximum atomic E-state index is 12.2. The van der Waals surface area contributed by atoms with Crippen LogP contribution >= 0.6 is 11.6 Å². The fourth-order valence-corrected chi connectivity index (χ4v) is 1.64. The lowest BCUT2D eigenvalue weighted by molar-refractivity contribution is -0.275. The quantitative estimate of drug-likeness (QED) is 0.668. The van der Waals surface area contributed by atoms with E-state index in [0.717, 1.165) is 6.20 Å². The smallest absolute Gasteiger partial charge is 0.506 e. The number of esters is 1. The van der Waals surface area contributed by atoms with Crippen LogP contribution in [-0.4, -0.2) is 29.0 Å². The second-order valence-corrected chi connectivity index (χ2v) is 3.83. The van der Waals surface area contributed by atoms with Gasteiger partial charge in [0.15, 0.2) is 5.75 Å². The standard InChI is InChI=1S/C11H11ClF3NO4/c1-2-19-9(17)3-7-10(18)6(4-12)8(5-16-7)20-11(13,14)15/h5,18H,2-4H2,1H3. The maximum absolute atomic E-state index is 12.2. The molecule has 1 rings (SSSR count). The third-order valence-electron chi connectivity index (χ3n) is 2.17. The van der Waals surface area contributed by atoms with Crippen molar-refractivity contribution in [3.63, 3.8) is 0 Å². The first-order valence-corrected chi connectivity index (χ1v) is 5.99. The molecule has 0 unspecified atom stereocenters. The van der Waals surface area contributed by atoms with Crippen LogP contribution in [0.1, 0.15) is 18.2 Å². The Morgan fingerprint density at radius 2 is 2.15 bits per heavy atom. The summed E-state index contributed by atoms with van der Waals surface area (Å²) in [5.41, 5.74) is -0.424. The normalized spacial score (nSPS) is 11.2. The molecule has 1 heterocycles. The molecule has 9 heteroatoms. The largest absolute Gasteiger partial charge is 0.573 e. The van der Waals surface area contributed by atoms with Gasteiger partial charge in [-0.1, -0.05) is 0 Å². The molecule has 1 aromatic heterocycles. The molecule has 0 aliphatic heterocycles. The minimum atomic E-state index is -4.93. The van der Waals surface area contributed by atoms with Crippen molar-refractivity contribution >= 4 is 17.6 Å². The molecular weight excluding hydrogens is 303 g/mol. The van der Waals surface area contributed by atoms with E-state index in [2.05, 4.69) is 14.5 Å². The molecule has 0 aliphatic carbocycles. The van der Waals surface area contributed by atoms with Gasteiger partial charge in [-0.25, -0.2) is 0 Å². The Balaban J connectivity index is 3.05. The average molecular weight is 314 g/mol. The Morgan fingerprint density at radius 1 is 1.50 bits per heavy atom. The van der Waals surface area contributed by atoms with Gasteiger partial charge in [0.05, 0.1) is 36.4 Å². The van der Waals surface area contributed by atoms with E-state index < -0.39 is 29.7 Å². The molecule has 0 atom stereocenters. The van der Waals surface area contributed by atoms with Gasteiger partial charge in [-0.05, 0) is 6.92 Å². The van der Waals surface area contributed by atoms with E-state index in [4.69, 9.17) is 11.6 Å². The molecule has 0 fully saturated rings. The predicted octanol–water partition coefficient (Wildman–Crippen LogP) is 2.53. The number of hydrogen-bond acceptors (Lipinski definition) is 5. The zero-order chi connectivity index (χ0) is 15.3. The van der Waals surface area contributed by atoms with Crippen LogP contribution in [0.25, 0.3) is 0 Å². The van der Waals surface area contributed by atoms with Crippen molar-refractivity contribution in [2.75, 3.05) is 6.61 Å². The van der Waals surface area contributed by atoms with Crippen LogP contribution in [0.3, 0.4) is 0 Å². The van der Waals surface area contributed by atoms with Crippen LogP contribution in [0.15, 0.2) is 6.20 Å². The van der Waals surface area contributed by atoms with Gasteiger partial charge in [0, 0.05) is 0 Å². The highest BCUT2D eigenvalue weighted by Crippen LogP contribution is 2.34. The molecule has 0 spiro atoms. The number of pyridine rings is 1. The lowest BCUT2D eigenvalue weighted by Crippen LogP contribution is -2.18. The predicted molar refractivity (Wildman–Crippen MR) is 62.5 cm³/mol. The Labute approximate surface area is 117 Å². The van der Waals surface area contributed by atoms with E-state index in [1.54, 1.807) is 6.92 Å². The van der Waals surface area contributed by atoms with E-state index in [0.29, 0.717) is 0 Å². The number of carbonyl (C=O) groups excluding carboxylic acids is 1. The van der Waals surface area contributed by atoms with E-state index in [9.17, 15) is 23.1 Å². The number of ether oxygens (including phenoxy) is 2. The molecule has 1 N–H and O–H groups in total. The average Bonchev–Trinajstić information content (AvgIpc) is 2.31.